The average Bonchev–Trinajstić information content (AvgIpc) is 2.46. The molecule has 2 amide bonds. The van der Waals surface area contributed by atoms with Crippen LogP contribution in [0.5, 0.6) is 0 Å². The summed E-state index contributed by atoms with van der Waals surface area (Å²) < 4.78 is 5.16. The molecule has 0 bridgehead atoms. The number of anilines is 1. The summed E-state index contributed by atoms with van der Waals surface area (Å²) in [6, 6.07) is 5.53. The van der Waals surface area contributed by atoms with Crippen LogP contribution in [0.4, 0.5) is 10.5 Å². The van der Waals surface area contributed by atoms with Crippen LogP contribution in [-0.2, 0) is 4.74 Å². The van der Waals surface area contributed by atoms with Gasteiger partial charge in [0.05, 0.1) is 0 Å². The fourth-order valence-electron chi connectivity index (χ4n) is 1.91. The standard InChI is InChI=1S/C17H27N3O3/c1-12-7-8-13(15(21)18-5)11-14(12)19-9-6-10-20-16(22)23-17(2,3)4/h7-8,11,19H,6,9-10H2,1-5H3,(H,18,21)(H,20,22). The van der Waals surface area contributed by atoms with Gasteiger partial charge >= 0.3 is 6.09 Å². The smallest absolute Gasteiger partial charge is 0.407 e. The van der Waals surface area contributed by atoms with E-state index in [-0.39, 0.29) is 5.91 Å². The third-order valence-corrected chi connectivity index (χ3v) is 3.06. The van der Waals surface area contributed by atoms with Gasteiger partial charge in [-0.25, -0.2) is 4.79 Å². The molecular formula is C17H27N3O3. The molecule has 0 unspecified atom stereocenters. The summed E-state index contributed by atoms with van der Waals surface area (Å²) in [4.78, 5) is 23.1. The van der Waals surface area contributed by atoms with E-state index >= 15 is 0 Å². The van der Waals surface area contributed by atoms with Gasteiger partial charge < -0.3 is 20.7 Å². The minimum atomic E-state index is -0.486. The summed E-state index contributed by atoms with van der Waals surface area (Å²) in [5.41, 5.74) is 2.12. The monoisotopic (exact) mass is 321 g/mol. The second kappa shape index (κ2) is 8.41. The fraction of sp³-hybridized carbons (Fsp3) is 0.529. The molecule has 0 aliphatic heterocycles. The van der Waals surface area contributed by atoms with E-state index < -0.39 is 11.7 Å². The van der Waals surface area contributed by atoms with E-state index in [2.05, 4.69) is 16.0 Å². The van der Waals surface area contributed by atoms with E-state index in [4.69, 9.17) is 4.74 Å². The molecule has 1 rings (SSSR count). The Morgan fingerprint density at radius 1 is 1.17 bits per heavy atom. The Kier molecular flexibility index (Phi) is 6.88. The summed E-state index contributed by atoms with van der Waals surface area (Å²) in [6.45, 7) is 8.68. The van der Waals surface area contributed by atoms with Crippen LogP contribution in [0.15, 0.2) is 18.2 Å². The normalized spacial score (nSPS) is 10.8. The Labute approximate surface area is 138 Å². The molecule has 3 N–H and O–H groups in total. The number of rotatable bonds is 6. The topological polar surface area (TPSA) is 79.5 Å². The van der Waals surface area contributed by atoms with Crippen molar-refractivity contribution in [3.05, 3.63) is 29.3 Å². The van der Waals surface area contributed by atoms with Crippen LogP contribution in [0.25, 0.3) is 0 Å². The molecule has 0 aliphatic carbocycles. The highest BCUT2D eigenvalue weighted by Crippen LogP contribution is 2.16. The quantitative estimate of drug-likeness (QED) is 0.704. The summed E-state index contributed by atoms with van der Waals surface area (Å²) >= 11 is 0. The molecular weight excluding hydrogens is 294 g/mol. The molecule has 128 valence electrons. The lowest BCUT2D eigenvalue weighted by Crippen LogP contribution is -2.33. The third-order valence-electron chi connectivity index (χ3n) is 3.06. The Bertz CT molecular complexity index is 551. The zero-order chi connectivity index (χ0) is 17.5. The van der Waals surface area contributed by atoms with E-state index in [9.17, 15) is 9.59 Å². The second-order valence-electron chi connectivity index (χ2n) is 6.32. The van der Waals surface area contributed by atoms with Gasteiger partial charge in [0.15, 0.2) is 0 Å². The predicted octanol–water partition coefficient (Wildman–Crippen LogP) is 2.68. The lowest BCUT2D eigenvalue weighted by Gasteiger charge is -2.19. The van der Waals surface area contributed by atoms with Crippen LogP contribution in [0, 0.1) is 6.92 Å². The molecule has 1 aromatic carbocycles. The molecule has 0 fully saturated rings. The maximum atomic E-state index is 11.6. The maximum absolute atomic E-state index is 11.6. The van der Waals surface area contributed by atoms with Gasteiger partial charge in [0.25, 0.3) is 5.91 Å². The van der Waals surface area contributed by atoms with Gasteiger partial charge in [0.1, 0.15) is 5.60 Å². The van der Waals surface area contributed by atoms with Crippen LogP contribution in [0.3, 0.4) is 0 Å². The van der Waals surface area contributed by atoms with Gasteiger partial charge in [-0.15, -0.1) is 0 Å². The molecule has 0 radical (unpaired) electrons. The SMILES string of the molecule is CNC(=O)c1ccc(C)c(NCCCNC(=O)OC(C)(C)C)c1. The molecule has 6 nitrogen and oxygen atoms in total. The number of carbonyl (C=O) groups excluding carboxylic acids is 2. The van der Waals surface area contributed by atoms with Crippen molar-refractivity contribution >= 4 is 17.7 Å². The van der Waals surface area contributed by atoms with Crippen LogP contribution >= 0.6 is 0 Å². The highest BCUT2D eigenvalue weighted by molar-refractivity contribution is 5.95. The number of hydrogen-bond donors (Lipinski definition) is 3. The Balaban J connectivity index is 2.39. The first-order chi connectivity index (χ1) is 10.7. The number of nitrogens with one attached hydrogen (secondary N) is 3. The van der Waals surface area contributed by atoms with E-state index in [1.807, 2.05) is 39.8 Å². The number of benzene rings is 1. The number of carbonyl (C=O) groups is 2. The van der Waals surface area contributed by atoms with Crippen molar-refractivity contribution in [2.24, 2.45) is 0 Å². The van der Waals surface area contributed by atoms with Gasteiger partial charge in [0.2, 0.25) is 0 Å². The van der Waals surface area contributed by atoms with Crippen molar-refractivity contribution in [3.8, 4) is 0 Å². The zero-order valence-electron chi connectivity index (χ0n) is 14.6. The minimum absolute atomic E-state index is 0.111. The van der Waals surface area contributed by atoms with Crippen molar-refractivity contribution in [2.75, 3.05) is 25.5 Å². The van der Waals surface area contributed by atoms with Crippen LogP contribution in [0.1, 0.15) is 43.1 Å². The maximum Gasteiger partial charge on any atom is 0.407 e. The summed E-state index contributed by atoms with van der Waals surface area (Å²) in [6.07, 6.45) is 0.346. The number of ether oxygens (including phenoxy) is 1. The fourth-order valence-corrected chi connectivity index (χ4v) is 1.91. The molecule has 1 aromatic rings. The number of alkyl carbamates (subject to hydrolysis) is 1. The van der Waals surface area contributed by atoms with Crippen LogP contribution in [-0.4, -0.2) is 37.7 Å². The Hall–Kier alpha value is -2.24. The van der Waals surface area contributed by atoms with Crippen LogP contribution < -0.4 is 16.0 Å². The summed E-state index contributed by atoms with van der Waals surface area (Å²) in [7, 11) is 1.61. The second-order valence-corrected chi connectivity index (χ2v) is 6.32. The van der Waals surface area contributed by atoms with Gasteiger partial charge in [-0.2, -0.15) is 0 Å². The molecule has 0 aliphatic rings. The molecule has 23 heavy (non-hydrogen) atoms. The van der Waals surface area contributed by atoms with E-state index in [1.54, 1.807) is 13.1 Å². The highest BCUT2D eigenvalue weighted by Gasteiger charge is 2.15. The highest BCUT2D eigenvalue weighted by atomic mass is 16.6. The van der Waals surface area contributed by atoms with E-state index in [0.717, 1.165) is 17.7 Å². The van der Waals surface area contributed by atoms with Gasteiger partial charge in [-0.05, 0) is 51.8 Å². The molecule has 0 aromatic heterocycles. The Morgan fingerprint density at radius 3 is 2.48 bits per heavy atom. The van der Waals surface area contributed by atoms with Crippen molar-refractivity contribution in [1.82, 2.24) is 10.6 Å². The summed E-state index contributed by atoms with van der Waals surface area (Å²) in [5.74, 6) is -0.111. The van der Waals surface area contributed by atoms with Crippen molar-refractivity contribution in [1.29, 1.82) is 0 Å². The van der Waals surface area contributed by atoms with E-state index in [1.165, 1.54) is 0 Å². The number of aryl methyl sites for hydroxylation is 1. The lowest BCUT2D eigenvalue weighted by molar-refractivity contribution is 0.0527. The van der Waals surface area contributed by atoms with Crippen molar-refractivity contribution in [3.63, 3.8) is 0 Å². The first-order valence-electron chi connectivity index (χ1n) is 7.76. The molecule has 6 heteroatoms. The first-order valence-corrected chi connectivity index (χ1v) is 7.76. The lowest BCUT2D eigenvalue weighted by atomic mass is 10.1. The van der Waals surface area contributed by atoms with Crippen molar-refractivity contribution < 1.29 is 14.3 Å². The summed E-state index contributed by atoms with van der Waals surface area (Å²) in [5, 5.41) is 8.60. The molecule has 0 heterocycles. The molecule has 0 saturated carbocycles. The molecule has 0 saturated heterocycles. The van der Waals surface area contributed by atoms with E-state index in [0.29, 0.717) is 18.7 Å². The number of hydrogen-bond acceptors (Lipinski definition) is 4. The van der Waals surface area contributed by atoms with Gasteiger partial charge in [-0.3, -0.25) is 4.79 Å². The van der Waals surface area contributed by atoms with Gasteiger partial charge in [-0.1, -0.05) is 6.07 Å². The number of amides is 2. The Morgan fingerprint density at radius 2 is 1.87 bits per heavy atom. The van der Waals surface area contributed by atoms with Gasteiger partial charge in [0, 0.05) is 31.4 Å². The first kappa shape index (κ1) is 18.8. The zero-order valence-corrected chi connectivity index (χ0v) is 14.6. The largest absolute Gasteiger partial charge is 0.444 e. The van der Waals surface area contributed by atoms with Crippen LogP contribution in [0.2, 0.25) is 0 Å². The average molecular weight is 321 g/mol. The third kappa shape index (κ3) is 7.04. The minimum Gasteiger partial charge on any atom is -0.444 e. The van der Waals surface area contributed by atoms with Crippen molar-refractivity contribution in [2.45, 2.75) is 39.7 Å². The molecule has 0 spiro atoms. The molecule has 0 atom stereocenters. The predicted molar refractivity (Wildman–Crippen MR) is 91.9 cm³/mol.